The summed E-state index contributed by atoms with van der Waals surface area (Å²) in [6.07, 6.45) is -1.44. The summed E-state index contributed by atoms with van der Waals surface area (Å²) in [5.74, 6) is 0. The lowest BCUT2D eigenvalue weighted by Crippen LogP contribution is -2.29. The van der Waals surface area contributed by atoms with Gasteiger partial charge in [0.25, 0.3) is 6.43 Å². The Kier molecular flexibility index (Phi) is 6.22. The van der Waals surface area contributed by atoms with E-state index in [4.69, 9.17) is 0 Å². The zero-order valence-corrected chi connectivity index (χ0v) is 11.3. The van der Waals surface area contributed by atoms with E-state index in [1.165, 1.54) is 11.1 Å². The molecule has 1 N–H and O–H groups in total. The largest absolute Gasteiger partial charge is 0.313 e. The van der Waals surface area contributed by atoms with Crippen LogP contribution in [0.5, 0.6) is 0 Å². The number of alkyl halides is 2. The van der Waals surface area contributed by atoms with Crippen LogP contribution in [0.25, 0.3) is 0 Å². The Labute approximate surface area is 108 Å². The Morgan fingerprint density at radius 2 is 1.83 bits per heavy atom. The molecule has 1 aromatic rings. The number of aryl methyl sites for hydroxylation is 1. The average Bonchev–Trinajstić information content (AvgIpc) is 2.31. The van der Waals surface area contributed by atoms with Crippen molar-refractivity contribution in [3.8, 4) is 0 Å². The molecule has 0 aliphatic carbocycles. The molecule has 1 atom stereocenters. The van der Waals surface area contributed by atoms with E-state index in [1.807, 2.05) is 7.05 Å². The number of hydrogen-bond donors (Lipinski definition) is 1. The van der Waals surface area contributed by atoms with Crippen LogP contribution in [0.2, 0.25) is 0 Å². The van der Waals surface area contributed by atoms with E-state index in [9.17, 15) is 8.78 Å². The second kappa shape index (κ2) is 7.44. The van der Waals surface area contributed by atoms with Gasteiger partial charge in [0, 0.05) is 6.04 Å². The van der Waals surface area contributed by atoms with Gasteiger partial charge in [0.1, 0.15) is 0 Å². The molecule has 0 spiro atoms. The highest BCUT2D eigenvalue weighted by molar-refractivity contribution is 5.24. The molecule has 1 aromatic carbocycles. The van der Waals surface area contributed by atoms with E-state index in [1.54, 1.807) is 11.9 Å². The number of nitrogens with zero attached hydrogens (tertiary/aromatic N) is 1. The second-order valence-electron chi connectivity index (χ2n) is 4.69. The molecule has 102 valence electrons. The molecule has 0 bridgehead atoms. The minimum Gasteiger partial charge on any atom is -0.313 e. The lowest BCUT2D eigenvalue weighted by Gasteiger charge is -2.21. The smallest absolute Gasteiger partial charge is 0.251 e. The molecule has 0 fully saturated rings. The van der Waals surface area contributed by atoms with Gasteiger partial charge >= 0.3 is 0 Å². The molecule has 4 heteroatoms. The van der Waals surface area contributed by atoms with Crippen LogP contribution in [0.4, 0.5) is 8.78 Å². The van der Waals surface area contributed by atoms with Gasteiger partial charge in [-0.2, -0.15) is 0 Å². The number of benzene rings is 1. The Morgan fingerprint density at radius 1 is 1.22 bits per heavy atom. The van der Waals surface area contributed by atoms with Crippen LogP contribution < -0.4 is 5.32 Å². The number of rotatable bonds is 7. The van der Waals surface area contributed by atoms with Crippen LogP contribution in [0.1, 0.15) is 23.6 Å². The highest BCUT2D eigenvalue weighted by Gasteiger charge is 2.12. The Bertz CT molecular complexity index is 338. The van der Waals surface area contributed by atoms with Gasteiger partial charge in [0.15, 0.2) is 0 Å². The van der Waals surface area contributed by atoms with Gasteiger partial charge in [-0.1, -0.05) is 29.8 Å². The maximum atomic E-state index is 12.2. The highest BCUT2D eigenvalue weighted by Crippen LogP contribution is 2.17. The van der Waals surface area contributed by atoms with Crippen LogP contribution in [0, 0.1) is 6.92 Å². The first-order valence-electron chi connectivity index (χ1n) is 6.23. The molecule has 18 heavy (non-hydrogen) atoms. The lowest BCUT2D eigenvalue weighted by molar-refractivity contribution is 0.0986. The summed E-state index contributed by atoms with van der Waals surface area (Å²) < 4.78 is 24.4. The number of hydrogen-bond acceptors (Lipinski definition) is 2. The van der Waals surface area contributed by atoms with E-state index >= 15 is 0 Å². The quantitative estimate of drug-likeness (QED) is 0.807. The normalized spacial score (nSPS) is 13.3. The molecule has 0 amide bonds. The van der Waals surface area contributed by atoms with Crippen molar-refractivity contribution in [1.29, 1.82) is 0 Å². The summed E-state index contributed by atoms with van der Waals surface area (Å²) in [6, 6.07) is 8.53. The van der Waals surface area contributed by atoms with Crippen molar-refractivity contribution >= 4 is 0 Å². The predicted octanol–water partition coefficient (Wildman–Crippen LogP) is 2.84. The van der Waals surface area contributed by atoms with Gasteiger partial charge in [-0.25, -0.2) is 8.78 Å². The fourth-order valence-electron chi connectivity index (χ4n) is 1.95. The van der Waals surface area contributed by atoms with Crippen LogP contribution in [0.15, 0.2) is 24.3 Å². The van der Waals surface area contributed by atoms with Crippen molar-refractivity contribution in [3.63, 3.8) is 0 Å². The molecule has 0 radical (unpaired) electrons. The molecule has 2 nitrogen and oxygen atoms in total. The van der Waals surface area contributed by atoms with Crippen molar-refractivity contribution in [2.75, 3.05) is 27.2 Å². The summed E-state index contributed by atoms with van der Waals surface area (Å²) in [6.45, 7) is 2.54. The molecular formula is C14H22F2N2. The SMILES string of the molecule is CNC(CCN(C)CC(F)F)c1ccc(C)cc1. The molecule has 0 saturated carbocycles. The van der Waals surface area contributed by atoms with E-state index in [-0.39, 0.29) is 12.6 Å². The third-order valence-corrected chi connectivity index (χ3v) is 3.08. The summed E-state index contributed by atoms with van der Waals surface area (Å²) in [5, 5.41) is 3.23. The fraction of sp³-hybridized carbons (Fsp3) is 0.571. The van der Waals surface area contributed by atoms with Crippen molar-refractivity contribution < 1.29 is 8.78 Å². The third kappa shape index (κ3) is 5.10. The van der Waals surface area contributed by atoms with Gasteiger partial charge in [-0.3, -0.25) is 0 Å². The summed E-state index contributed by atoms with van der Waals surface area (Å²) >= 11 is 0. The topological polar surface area (TPSA) is 15.3 Å². The summed E-state index contributed by atoms with van der Waals surface area (Å²) in [5.41, 5.74) is 2.43. The Balaban J connectivity index is 2.49. The summed E-state index contributed by atoms with van der Waals surface area (Å²) in [4.78, 5) is 1.67. The standard InChI is InChI=1S/C14H22F2N2/c1-11-4-6-12(7-5-11)13(17-2)8-9-18(3)10-14(15)16/h4-7,13-14,17H,8-10H2,1-3H3. The van der Waals surface area contributed by atoms with Gasteiger partial charge in [0.2, 0.25) is 0 Å². The van der Waals surface area contributed by atoms with Crippen molar-refractivity contribution in [2.24, 2.45) is 0 Å². The lowest BCUT2D eigenvalue weighted by atomic mass is 10.0. The third-order valence-electron chi connectivity index (χ3n) is 3.08. The molecule has 0 aliphatic heterocycles. The molecule has 1 unspecified atom stereocenters. The zero-order valence-electron chi connectivity index (χ0n) is 11.3. The van der Waals surface area contributed by atoms with Crippen LogP contribution in [-0.2, 0) is 0 Å². The van der Waals surface area contributed by atoms with Crippen LogP contribution >= 0.6 is 0 Å². The van der Waals surface area contributed by atoms with Gasteiger partial charge in [0.05, 0.1) is 6.54 Å². The molecule has 0 aromatic heterocycles. The van der Waals surface area contributed by atoms with Gasteiger partial charge < -0.3 is 10.2 Å². The van der Waals surface area contributed by atoms with Gasteiger partial charge in [-0.05, 0) is 39.5 Å². The fourth-order valence-corrected chi connectivity index (χ4v) is 1.95. The maximum Gasteiger partial charge on any atom is 0.251 e. The minimum absolute atomic E-state index is 0.162. The second-order valence-corrected chi connectivity index (χ2v) is 4.69. The van der Waals surface area contributed by atoms with E-state index < -0.39 is 6.43 Å². The first-order valence-corrected chi connectivity index (χ1v) is 6.23. The molecule has 0 aliphatic rings. The summed E-state index contributed by atoms with van der Waals surface area (Å²) in [7, 11) is 3.63. The first-order chi connectivity index (χ1) is 8.52. The predicted molar refractivity (Wildman–Crippen MR) is 71.1 cm³/mol. The molecular weight excluding hydrogens is 234 g/mol. The number of nitrogens with one attached hydrogen (secondary N) is 1. The molecule has 0 heterocycles. The minimum atomic E-state index is -2.26. The zero-order chi connectivity index (χ0) is 13.5. The van der Waals surface area contributed by atoms with E-state index in [2.05, 4.69) is 36.5 Å². The monoisotopic (exact) mass is 256 g/mol. The molecule has 0 saturated heterocycles. The number of halogens is 2. The van der Waals surface area contributed by atoms with Crippen molar-refractivity contribution in [2.45, 2.75) is 25.8 Å². The maximum absolute atomic E-state index is 12.2. The van der Waals surface area contributed by atoms with E-state index in [0.717, 1.165) is 6.42 Å². The van der Waals surface area contributed by atoms with E-state index in [0.29, 0.717) is 6.54 Å². The van der Waals surface area contributed by atoms with Gasteiger partial charge in [-0.15, -0.1) is 0 Å². The first kappa shape index (κ1) is 15.1. The van der Waals surface area contributed by atoms with Crippen molar-refractivity contribution in [1.82, 2.24) is 10.2 Å². The highest BCUT2D eigenvalue weighted by atomic mass is 19.3. The van der Waals surface area contributed by atoms with Crippen molar-refractivity contribution in [3.05, 3.63) is 35.4 Å². The Morgan fingerprint density at radius 3 is 2.33 bits per heavy atom. The van der Waals surface area contributed by atoms with Crippen LogP contribution in [0.3, 0.4) is 0 Å². The molecule has 1 rings (SSSR count). The average molecular weight is 256 g/mol. The Hall–Kier alpha value is -1.00. The van der Waals surface area contributed by atoms with Crippen LogP contribution in [-0.4, -0.2) is 38.5 Å².